The summed E-state index contributed by atoms with van der Waals surface area (Å²) >= 11 is 0. The lowest BCUT2D eigenvalue weighted by atomic mass is 9.97. The fourth-order valence-corrected chi connectivity index (χ4v) is 2.51. The fourth-order valence-electron chi connectivity index (χ4n) is 2.51. The lowest BCUT2D eigenvalue weighted by Crippen LogP contribution is -2.39. The Morgan fingerprint density at radius 1 is 1.42 bits per heavy atom. The summed E-state index contributed by atoms with van der Waals surface area (Å²) in [5.74, 6) is 0.265. The van der Waals surface area contributed by atoms with Gasteiger partial charge in [0.2, 0.25) is 5.91 Å². The third kappa shape index (κ3) is 3.77. The van der Waals surface area contributed by atoms with E-state index in [1.54, 1.807) is 17.0 Å². The van der Waals surface area contributed by atoms with Gasteiger partial charge in [0.25, 0.3) is 0 Å². The molecule has 1 aromatic rings. The second-order valence-electron chi connectivity index (χ2n) is 5.03. The van der Waals surface area contributed by atoms with Gasteiger partial charge in [-0.2, -0.15) is 0 Å². The second kappa shape index (κ2) is 6.66. The molecular formula is C15H21FN2O. The Hall–Kier alpha value is -1.42. The molecule has 1 heterocycles. The minimum Gasteiger partial charge on any atom is -0.317 e. The number of benzene rings is 1. The average molecular weight is 264 g/mol. The zero-order valence-electron chi connectivity index (χ0n) is 11.4. The number of piperidine rings is 1. The molecule has 1 saturated heterocycles. The van der Waals surface area contributed by atoms with Gasteiger partial charge in [0, 0.05) is 18.7 Å². The number of nitrogens with one attached hydrogen (secondary N) is 1. The molecule has 0 unspecified atom stereocenters. The van der Waals surface area contributed by atoms with Gasteiger partial charge in [-0.25, -0.2) is 4.39 Å². The van der Waals surface area contributed by atoms with E-state index in [1.165, 1.54) is 12.1 Å². The van der Waals surface area contributed by atoms with Gasteiger partial charge in [0.05, 0.1) is 0 Å². The number of amides is 1. The van der Waals surface area contributed by atoms with Crippen molar-refractivity contribution in [2.75, 3.05) is 24.5 Å². The Balaban J connectivity index is 2.13. The van der Waals surface area contributed by atoms with E-state index < -0.39 is 0 Å². The van der Waals surface area contributed by atoms with Crippen LogP contribution >= 0.6 is 0 Å². The molecule has 3 nitrogen and oxygen atoms in total. The summed E-state index contributed by atoms with van der Waals surface area (Å²) < 4.78 is 13.3. The molecule has 0 aliphatic carbocycles. The molecule has 19 heavy (non-hydrogen) atoms. The van der Waals surface area contributed by atoms with E-state index in [0.717, 1.165) is 25.9 Å². The number of carbonyl (C=O) groups excluding carboxylic acids is 1. The highest BCUT2D eigenvalue weighted by Crippen LogP contribution is 2.21. The van der Waals surface area contributed by atoms with Crippen molar-refractivity contribution < 1.29 is 9.18 Å². The molecule has 0 saturated carbocycles. The highest BCUT2D eigenvalue weighted by atomic mass is 19.1. The van der Waals surface area contributed by atoms with Crippen molar-refractivity contribution in [2.24, 2.45) is 5.92 Å². The molecule has 2 rings (SSSR count). The van der Waals surface area contributed by atoms with E-state index in [4.69, 9.17) is 0 Å². The Morgan fingerprint density at radius 3 is 2.79 bits per heavy atom. The molecule has 0 spiro atoms. The van der Waals surface area contributed by atoms with Gasteiger partial charge in [-0.05, 0) is 50.0 Å². The van der Waals surface area contributed by atoms with E-state index in [2.05, 4.69) is 5.32 Å². The van der Waals surface area contributed by atoms with E-state index in [1.807, 2.05) is 6.92 Å². The van der Waals surface area contributed by atoms with Crippen molar-refractivity contribution in [1.29, 1.82) is 0 Å². The molecule has 1 aliphatic rings. The fraction of sp³-hybridized carbons (Fsp3) is 0.533. The van der Waals surface area contributed by atoms with E-state index >= 15 is 0 Å². The first-order valence-corrected chi connectivity index (χ1v) is 6.97. The summed E-state index contributed by atoms with van der Waals surface area (Å²) in [6, 6.07) is 6.30. The highest BCUT2D eigenvalue weighted by molar-refractivity contribution is 5.93. The summed E-state index contributed by atoms with van der Waals surface area (Å²) in [5.41, 5.74) is 0.672. The van der Waals surface area contributed by atoms with Crippen LogP contribution in [-0.4, -0.2) is 25.5 Å². The molecule has 0 bridgehead atoms. The van der Waals surface area contributed by atoms with Gasteiger partial charge in [0.1, 0.15) is 5.82 Å². The van der Waals surface area contributed by atoms with Crippen molar-refractivity contribution in [3.05, 3.63) is 30.1 Å². The highest BCUT2D eigenvalue weighted by Gasteiger charge is 2.21. The number of anilines is 1. The van der Waals surface area contributed by atoms with Gasteiger partial charge in [-0.3, -0.25) is 4.79 Å². The molecule has 0 radical (unpaired) electrons. The van der Waals surface area contributed by atoms with E-state index in [9.17, 15) is 9.18 Å². The summed E-state index contributed by atoms with van der Waals surface area (Å²) in [7, 11) is 0. The van der Waals surface area contributed by atoms with Crippen molar-refractivity contribution >= 4 is 11.6 Å². The zero-order chi connectivity index (χ0) is 13.7. The normalized spacial score (nSPS) is 16.3. The Kier molecular flexibility index (Phi) is 4.91. The monoisotopic (exact) mass is 264 g/mol. The van der Waals surface area contributed by atoms with Crippen LogP contribution in [0.3, 0.4) is 0 Å². The molecule has 1 aromatic carbocycles. The maximum atomic E-state index is 13.3. The van der Waals surface area contributed by atoms with Crippen LogP contribution in [0, 0.1) is 11.7 Å². The SMILES string of the molecule is CCC(=O)N(CC1CCNCC1)c1cccc(F)c1. The quantitative estimate of drug-likeness (QED) is 0.906. The van der Waals surface area contributed by atoms with Crippen LogP contribution in [0.4, 0.5) is 10.1 Å². The van der Waals surface area contributed by atoms with Crippen LogP contribution in [0.2, 0.25) is 0 Å². The topological polar surface area (TPSA) is 32.3 Å². The standard InChI is InChI=1S/C15H21FN2O/c1-2-15(19)18(11-12-6-8-17-9-7-12)14-5-3-4-13(16)10-14/h3-5,10,12,17H,2,6-9,11H2,1H3. The van der Waals surface area contributed by atoms with E-state index in [0.29, 0.717) is 24.6 Å². The van der Waals surface area contributed by atoms with Gasteiger partial charge < -0.3 is 10.2 Å². The lowest BCUT2D eigenvalue weighted by molar-refractivity contribution is -0.118. The summed E-state index contributed by atoms with van der Waals surface area (Å²) in [4.78, 5) is 13.8. The van der Waals surface area contributed by atoms with Crippen LogP contribution in [0.15, 0.2) is 24.3 Å². The predicted molar refractivity (Wildman–Crippen MR) is 74.6 cm³/mol. The number of hydrogen-bond acceptors (Lipinski definition) is 2. The average Bonchev–Trinajstić information content (AvgIpc) is 2.45. The first-order chi connectivity index (χ1) is 9.20. The van der Waals surface area contributed by atoms with Gasteiger partial charge in [-0.15, -0.1) is 0 Å². The Bertz CT molecular complexity index is 430. The number of rotatable bonds is 4. The van der Waals surface area contributed by atoms with E-state index in [-0.39, 0.29) is 11.7 Å². The number of halogens is 1. The largest absolute Gasteiger partial charge is 0.317 e. The predicted octanol–water partition coefficient (Wildman–Crippen LogP) is 2.57. The van der Waals surface area contributed by atoms with Crippen LogP contribution < -0.4 is 10.2 Å². The van der Waals surface area contributed by atoms with Crippen LogP contribution in [-0.2, 0) is 4.79 Å². The molecule has 1 fully saturated rings. The van der Waals surface area contributed by atoms with Crippen molar-refractivity contribution in [3.8, 4) is 0 Å². The molecule has 1 N–H and O–H groups in total. The van der Waals surface area contributed by atoms with Crippen molar-refractivity contribution in [2.45, 2.75) is 26.2 Å². The minimum absolute atomic E-state index is 0.0594. The molecule has 0 aromatic heterocycles. The number of hydrogen-bond donors (Lipinski definition) is 1. The number of nitrogens with zero attached hydrogens (tertiary/aromatic N) is 1. The van der Waals surface area contributed by atoms with Crippen LogP contribution in [0.25, 0.3) is 0 Å². The third-order valence-electron chi connectivity index (χ3n) is 3.62. The molecule has 0 atom stereocenters. The number of carbonyl (C=O) groups is 1. The van der Waals surface area contributed by atoms with Gasteiger partial charge >= 0.3 is 0 Å². The first-order valence-electron chi connectivity index (χ1n) is 6.97. The minimum atomic E-state index is -0.295. The van der Waals surface area contributed by atoms with Crippen molar-refractivity contribution in [3.63, 3.8) is 0 Å². The Morgan fingerprint density at radius 2 is 2.16 bits per heavy atom. The zero-order valence-corrected chi connectivity index (χ0v) is 11.4. The lowest BCUT2D eigenvalue weighted by Gasteiger charge is -2.30. The first kappa shape index (κ1) is 14.0. The molecular weight excluding hydrogens is 243 g/mol. The van der Waals surface area contributed by atoms with Gasteiger partial charge in [0.15, 0.2) is 0 Å². The maximum Gasteiger partial charge on any atom is 0.226 e. The van der Waals surface area contributed by atoms with Gasteiger partial charge in [-0.1, -0.05) is 13.0 Å². The summed E-state index contributed by atoms with van der Waals surface area (Å²) in [6.45, 7) is 4.54. The Labute approximate surface area is 113 Å². The smallest absolute Gasteiger partial charge is 0.226 e. The molecule has 1 aliphatic heterocycles. The summed E-state index contributed by atoms with van der Waals surface area (Å²) in [6.07, 6.45) is 2.59. The second-order valence-corrected chi connectivity index (χ2v) is 5.03. The third-order valence-corrected chi connectivity index (χ3v) is 3.62. The van der Waals surface area contributed by atoms with Crippen molar-refractivity contribution in [1.82, 2.24) is 5.32 Å². The van der Waals surface area contributed by atoms with Crippen LogP contribution in [0.1, 0.15) is 26.2 Å². The summed E-state index contributed by atoms with van der Waals surface area (Å²) in [5, 5.41) is 3.32. The van der Waals surface area contributed by atoms with Crippen LogP contribution in [0.5, 0.6) is 0 Å². The molecule has 1 amide bonds. The molecule has 104 valence electrons. The maximum absolute atomic E-state index is 13.3. The molecule has 4 heteroatoms.